The van der Waals surface area contributed by atoms with Gasteiger partial charge in [-0.05, 0) is 29.8 Å². The van der Waals surface area contributed by atoms with Gasteiger partial charge in [0.05, 0.1) is 17.1 Å². The lowest BCUT2D eigenvalue weighted by Crippen LogP contribution is -2.42. The number of para-hydroxylation sites is 2. The summed E-state index contributed by atoms with van der Waals surface area (Å²) in [5.74, 6) is -0.486. The second-order valence-electron chi connectivity index (χ2n) is 4.95. The van der Waals surface area contributed by atoms with Crippen LogP contribution in [0.3, 0.4) is 0 Å². The molecule has 1 aliphatic heterocycles. The van der Waals surface area contributed by atoms with Crippen LogP contribution in [0.2, 0.25) is 0 Å². The van der Waals surface area contributed by atoms with E-state index in [0.717, 1.165) is 4.47 Å². The van der Waals surface area contributed by atoms with Crippen LogP contribution in [0.5, 0.6) is 0 Å². The molecule has 0 fully saturated rings. The molecule has 1 amide bonds. The van der Waals surface area contributed by atoms with Gasteiger partial charge < -0.3 is 5.32 Å². The highest BCUT2D eigenvalue weighted by molar-refractivity contribution is 9.10. The average Bonchev–Trinajstić information content (AvgIpc) is 2.48. The largest absolute Gasteiger partial charge is 0.323 e. The number of rotatable bonds is 3. The van der Waals surface area contributed by atoms with E-state index in [2.05, 4.69) is 21.2 Å². The van der Waals surface area contributed by atoms with Gasteiger partial charge in [-0.3, -0.25) is 9.10 Å². The van der Waals surface area contributed by atoms with E-state index in [1.165, 1.54) is 4.31 Å². The zero-order valence-electron chi connectivity index (χ0n) is 11.5. The van der Waals surface area contributed by atoms with Crippen molar-refractivity contribution >= 4 is 43.2 Å². The third kappa shape index (κ3) is 3.00. The maximum Gasteiger partial charge on any atom is 0.245 e. The third-order valence-corrected chi connectivity index (χ3v) is 5.56. The molecule has 0 spiro atoms. The van der Waals surface area contributed by atoms with Crippen molar-refractivity contribution in [3.8, 4) is 0 Å². The molecule has 22 heavy (non-hydrogen) atoms. The van der Waals surface area contributed by atoms with Gasteiger partial charge in [0, 0.05) is 4.47 Å². The standard InChI is InChI=1S/C15H13BrN2O3S/c16-12-7-5-11(6-8-12)10-22(20,21)18-9-15(19)17-13-3-1-2-4-14(13)18/h1-8H,9-10H2,(H,17,19). The quantitative estimate of drug-likeness (QED) is 0.889. The molecule has 0 saturated carbocycles. The normalized spacial score (nSPS) is 14.4. The van der Waals surface area contributed by atoms with Gasteiger partial charge in [-0.15, -0.1) is 0 Å². The first-order chi connectivity index (χ1) is 10.5. The highest BCUT2D eigenvalue weighted by Crippen LogP contribution is 2.32. The smallest absolute Gasteiger partial charge is 0.245 e. The van der Waals surface area contributed by atoms with Crippen LogP contribution in [0.1, 0.15) is 5.56 Å². The molecule has 0 radical (unpaired) electrons. The third-order valence-electron chi connectivity index (χ3n) is 3.33. The van der Waals surface area contributed by atoms with Crippen LogP contribution in [0.15, 0.2) is 53.0 Å². The minimum absolute atomic E-state index is 0.151. The molecule has 1 heterocycles. The Bertz CT molecular complexity index is 819. The summed E-state index contributed by atoms with van der Waals surface area (Å²) in [7, 11) is -3.64. The van der Waals surface area contributed by atoms with Crippen LogP contribution >= 0.6 is 15.9 Å². The number of nitrogens with zero attached hydrogens (tertiary/aromatic N) is 1. The monoisotopic (exact) mass is 380 g/mol. The number of hydrogen-bond donors (Lipinski definition) is 1. The van der Waals surface area contributed by atoms with Gasteiger partial charge in [0.25, 0.3) is 0 Å². The lowest BCUT2D eigenvalue weighted by atomic mass is 10.2. The Morgan fingerprint density at radius 2 is 1.77 bits per heavy atom. The Morgan fingerprint density at radius 1 is 1.09 bits per heavy atom. The van der Waals surface area contributed by atoms with E-state index in [1.54, 1.807) is 48.5 Å². The van der Waals surface area contributed by atoms with Gasteiger partial charge in [-0.2, -0.15) is 0 Å². The first-order valence-corrected chi connectivity index (χ1v) is 9.00. The number of carbonyl (C=O) groups is 1. The predicted molar refractivity (Wildman–Crippen MR) is 89.2 cm³/mol. The van der Waals surface area contributed by atoms with Crippen molar-refractivity contribution in [2.75, 3.05) is 16.2 Å². The highest BCUT2D eigenvalue weighted by atomic mass is 79.9. The number of anilines is 2. The van der Waals surface area contributed by atoms with Gasteiger partial charge in [0.15, 0.2) is 0 Å². The summed E-state index contributed by atoms with van der Waals surface area (Å²) >= 11 is 3.32. The Balaban J connectivity index is 1.95. The molecule has 0 atom stereocenters. The number of carbonyl (C=O) groups excluding carboxylic acids is 1. The van der Waals surface area contributed by atoms with Crippen LogP contribution < -0.4 is 9.62 Å². The minimum Gasteiger partial charge on any atom is -0.323 e. The van der Waals surface area contributed by atoms with Crippen LogP contribution in [-0.2, 0) is 20.6 Å². The number of hydrogen-bond acceptors (Lipinski definition) is 3. The molecule has 1 N–H and O–H groups in total. The summed E-state index contributed by atoms with van der Waals surface area (Å²) in [5, 5.41) is 2.68. The zero-order chi connectivity index (χ0) is 15.7. The van der Waals surface area contributed by atoms with E-state index in [0.29, 0.717) is 16.9 Å². The maximum atomic E-state index is 12.7. The van der Waals surface area contributed by atoms with Gasteiger partial charge in [-0.1, -0.05) is 40.2 Å². The molecule has 114 valence electrons. The Labute approximate surface area is 137 Å². The zero-order valence-corrected chi connectivity index (χ0v) is 13.9. The summed E-state index contributed by atoms with van der Waals surface area (Å²) in [6, 6.07) is 14.0. The van der Waals surface area contributed by atoms with Crippen molar-refractivity contribution < 1.29 is 13.2 Å². The molecule has 3 rings (SSSR count). The number of fused-ring (bicyclic) bond motifs is 1. The molecular weight excluding hydrogens is 368 g/mol. The molecular formula is C15H13BrN2O3S. The number of benzene rings is 2. The first kappa shape index (κ1) is 15.1. The minimum atomic E-state index is -3.64. The fourth-order valence-corrected chi connectivity index (χ4v) is 4.13. The number of sulfonamides is 1. The van der Waals surface area contributed by atoms with E-state index in [4.69, 9.17) is 0 Å². The van der Waals surface area contributed by atoms with Crippen LogP contribution in [0, 0.1) is 0 Å². The van der Waals surface area contributed by atoms with E-state index in [9.17, 15) is 13.2 Å². The molecule has 0 unspecified atom stereocenters. The van der Waals surface area contributed by atoms with Crippen molar-refractivity contribution in [3.05, 3.63) is 58.6 Å². The molecule has 0 bridgehead atoms. The van der Waals surface area contributed by atoms with Gasteiger partial charge in [0.1, 0.15) is 6.54 Å². The van der Waals surface area contributed by atoms with Crippen molar-refractivity contribution in [3.63, 3.8) is 0 Å². The topological polar surface area (TPSA) is 66.5 Å². The molecule has 0 aliphatic carbocycles. The first-order valence-electron chi connectivity index (χ1n) is 6.59. The fourth-order valence-electron chi connectivity index (χ4n) is 2.32. The lowest BCUT2D eigenvalue weighted by Gasteiger charge is -2.30. The maximum absolute atomic E-state index is 12.7. The van der Waals surface area contributed by atoms with E-state index in [1.807, 2.05) is 0 Å². The number of amides is 1. The van der Waals surface area contributed by atoms with Gasteiger partial charge >= 0.3 is 0 Å². The molecule has 0 saturated heterocycles. The molecule has 1 aliphatic rings. The predicted octanol–water partition coefficient (Wildman–Crippen LogP) is 2.74. The number of nitrogens with one attached hydrogen (secondary N) is 1. The Kier molecular flexibility index (Phi) is 3.92. The van der Waals surface area contributed by atoms with E-state index >= 15 is 0 Å². The molecule has 5 nitrogen and oxygen atoms in total. The fraction of sp³-hybridized carbons (Fsp3) is 0.133. The van der Waals surface area contributed by atoms with Crippen molar-refractivity contribution in [2.45, 2.75) is 5.75 Å². The van der Waals surface area contributed by atoms with Crippen LogP contribution in [0.25, 0.3) is 0 Å². The van der Waals surface area contributed by atoms with Gasteiger partial charge in [-0.25, -0.2) is 8.42 Å². The highest BCUT2D eigenvalue weighted by Gasteiger charge is 2.30. The Morgan fingerprint density at radius 3 is 2.50 bits per heavy atom. The van der Waals surface area contributed by atoms with Crippen LogP contribution in [0.4, 0.5) is 11.4 Å². The summed E-state index contributed by atoms with van der Waals surface area (Å²) in [5.41, 5.74) is 1.68. The summed E-state index contributed by atoms with van der Waals surface area (Å²) in [4.78, 5) is 11.8. The van der Waals surface area contributed by atoms with Gasteiger partial charge in [0.2, 0.25) is 15.9 Å². The average molecular weight is 381 g/mol. The number of halogens is 1. The van der Waals surface area contributed by atoms with E-state index < -0.39 is 10.0 Å². The SMILES string of the molecule is O=C1CN(S(=O)(=O)Cc2ccc(Br)cc2)c2ccccc2N1. The molecule has 7 heteroatoms. The molecule has 0 aromatic heterocycles. The lowest BCUT2D eigenvalue weighted by molar-refractivity contribution is -0.115. The summed E-state index contributed by atoms with van der Waals surface area (Å²) < 4.78 is 27.4. The van der Waals surface area contributed by atoms with Crippen molar-refractivity contribution in [1.82, 2.24) is 0 Å². The summed E-state index contributed by atoms with van der Waals surface area (Å²) in [6.07, 6.45) is 0. The van der Waals surface area contributed by atoms with Crippen LogP contribution in [-0.4, -0.2) is 20.9 Å². The molecule has 2 aromatic carbocycles. The second kappa shape index (κ2) is 5.73. The molecule has 2 aromatic rings. The van der Waals surface area contributed by atoms with Crippen molar-refractivity contribution in [2.24, 2.45) is 0 Å². The van der Waals surface area contributed by atoms with E-state index in [-0.39, 0.29) is 18.2 Å². The summed E-state index contributed by atoms with van der Waals surface area (Å²) in [6.45, 7) is -0.199. The Hall–Kier alpha value is -1.86. The van der Waals surface area contributed by atoms with Crippen molar-refractivity contribution in [1.29, 1.82) is 0 Å². The second-order valence-corrected chi connectivity index (χ2v) is 7.76.